The van der Waals surface area contributed by atoms with Crippen molar-refractivity contribution in [2.75, 3.05) is 11.9 Å². The van der Waals surface area contributed by atoms with E-state index in [2.05, 4.69) is 5.32 Å². The Balaban J connectivity index is 1.89. The molecule has 3 N–H and O–H groups in total. The smallest absolute Gasteiger partial charge is 0.262 e. The minimum absolute atomic E-state index is 0.135. The number of hydrogen-bond donors (Lipinski definition) is 2. The van der Waals surface area contributed by atoms with Crippen LogP contribution < -0.4 is 15.8 Å². The predicted molar refractivity (Wildman–Crippen MR) is 79.9 cm³/mol. The van der Waals surface area contributed by atoms with Crippen molar-refractivity contribution in [1.82, 2.24) is 0 Å². The zero-order chi connectivity index (χ0) is 15.2. The maximum absolute atomic E-state index is 12.9. The molecule has 0 aliphatic carbocycles. The van der Waals surface area contributed by atoms with Gasteiger partial charge in [-0.15, -0.1) is 0 Å². The van der Waals surface area contributed by atoms with Crippen LogP contribution in [-0.2, 0) is 11.3 Å². The number of carbonyl (C=O) groups excluding carboxylic acids is 1. The van der Waals surface area contributed by atoms with Gasteiger partial charge in [0.1, 0.15) is 11.6 Å². The minimum Gasteiger partial charge on any atom is -0.484 e. The highest BCUT2D eigenvalue weighted by Gasteiger charge is 2.07. The number of benzene rings is 2. The monoisotopic (exact) mass is 308 g/mol. The molecule has 0 aliphatic rings. The lowest BCUT2D eigenvalue weighted by molar-refractivity contribution is -0.118. The average molecular weight is 309 g/mol. The van der Waals surface area contributed by atoms with Crippen LogP contribution in [0.5, 0.6) is 5.75 Å². The van der Waals surface area contributed by atoms with Crippen molar-refractivity contribution in [3.63, 3.8) is 0 Å². The van der Waals surface area contributed by atoms with E-state index < -0.39 is 5.82 Å². The van der Waals surface area contributed by atoms with Gasteiger partial charge in [-0.05, 0) is 35.9 Å². The van der Waals surface area contributed by atoms with Crippen LogP contribution >= 0.6 is 11.6 Å². The number of nitrogens with two attached hydrogens (primary N) is 1. The van der Waals surface area contributed by atoms with Crippen molar-refractivity contribution in [3.8, 4) is 5.75 Å². The van der Waals surface area contributed by atoms with E-state index in [-0.39, 0.29) is 17.5 Å². The van der Waals surface area contributed by atoms with Gasteiger partial charge in [0.15, 0.2) is 6.61 Å². The minimum atomic E-state index is -0.464. The highest BCUT2D eigenvalue weighted by atomic mass is 35.5. The second kappa shape index (κ2) is 7.06. The lowest BCUT2D eigenvalue weighted by Gasteiger charge is -2.09. The van der Waals surface area contributed by atoms with E-state index in [1.54, 1.807) is 12.1 Å². The fraction of sp³-hybridized carbons (Fsp3) is 0.133. The van der Waals surface area contributed by atoms with Crippen LogP contribution in [0.2, 0.25) is 5.02 Å². The first kappa shape index (κ1) is 15.3. The predicted octanol–water partition coefficient (Wildman–Crippen LogP) is 2.96. The summed E-state index contributed by atoms with van der Waals surface area (Å²) in [6, 6.07) is 10.9. The zero-order valence-electron chi connectivity index (χ0n) is 11.1. The molecule has 2 aromatic carbocycles. The highest BCUT2D eigenvalue weighted by molar-refractivity contribution is 6.33. The van der Waals surface area contributed by atoms with Crippen LogP contribution in [0.3, 0.4) is 0 Å². The number of nitrogens with one attached hydrogen (secondary N) is 1. The van der Waals surface area contributed by atoms with Gasteiger partial charge in [0.25, 0.3) is 5.91 Å². The number of rotatable bonds is 5. The van der Waals surface area contributed by atoms with E-state index in [0.29, 0.717) is 18.0 Å². The third-order valence-corrected chi connectivity index (χ3v) is 3.05. The lowest BCUT2D eigenvalue weighted by Crippen LogP contribution is -2.20. The number of ether oxygens (including phenoxy) is 1. The Hall–Kier alpha value is -2.11. The van der Waals surface area contributed by atoms with Gasteiger partial charge in [-0.25, -0.2) is 4.39 Å². The van der Waals surface area contributed by atoms with Gasteiger partial charge in [0, 0.05) is 6.54 Å². The van der Waals surface area contributed by atoms with E-state index >= 15 is 0 Å². The fourth-order valence-electron chi connectivity index (χ4n) is 1.65. The lowest BCUT2D eigenvalue weighted by atomic mass is 10.2. The fourth-order valence-corrected chi connectivity index (χ4v) is 1.86. The molecule has 0 aromatic heterocycles. The number of halogens is 2. The van der Waals surface area contributed by atoms with Gasteiger partial charge in [-0.1, -0.05) is 23.7 Å². The van der Waals surface area contributed by atoms with E-state index in [1.165, 1.54) is 12.1 Å². The number of hydrogen-bond acceptors (Lipinski definition) is 3. The SMILES string of the molecule is NCc1ccc(OCC(=O)Nc2ccc(F)cc2Cl)cc1. The van der Waals surface area contributed by atoms with Crippen molar-refractivity contribution >= 4 is 23.2 Å². The van der Waals surface area contributed by atoms with Crippen molar-refractivity contribution in [2.45, 2.75) is 6.54 Å². The molecule has 0 saturated heterocycles. The molecule has 0 aliphatic heterocycles. The van der Waals surface area contributed by atoms with Crippen molar-refractivity contribution < 1.29 is 13.9 Å². The molecule has 0 atom stereocenters. The second-order valence-corrected chi connectivity index (χ2v) is 4.72. The van der Waals surface area contributed by atoms with Gasteiger partial charge in [-0.2, -0.15) is 0 Å². The normalized spacial score (nSPS) is 10.2. The molecule has 0 fully saturated rings. The molecule has 110 valence electrons. The maximum atomic E-state index is 12.9. The summed E-state index contributed by atoms with van der Waals surface area (Å²) in [5, 5.41) is 2.68. The molecule has 2 aromatic rings. The van der Waals surface area contributed by atoms with Gasteiger partial charge < -0.3 is 15.8 Å². The van der Waals surface area contributed by atoms with E-state index in [0.717, 1.165) is 11.6 Å². The van der Waals surface area contributed by atoms with Crippen LogP contribution in [0, 0.1) is 5.82 Å². The molecular weight excluding hydrogens is 295 g/mol. The third-order valence-electron chi connectivity index (χ3n) is 2.73. The van der Waals surface area contributed by atoms with E-state index in [1.807, 2.05) is 12.1 Å². The average Bonchev–Trinajstić information content (AvgIpc) is 2.48. The molecule has 21 heavy (non-hydrogen) atoms. The molecule has 4 nitrogen and oxygen atoms in total. The van der Waals surface area contributed by atoms with E-state index in [4.69, 9.17) is 22.1 Å². The van der Waals surface area contributed by atoms with Crippen LogP contribution in [0.1, 0.15) is 5.56 Å². The Morgan fingerprint density at radius 3 is 2.57 bits per heavy atom. The van der Waals surface area contributed by atoms with Crippen LogP contribution in [0.15, 0.2) is 42.5 Å². The van der Waals surface area contributed by atoms with Crippen molar-refractivity contribution in [2.24, 2.45) is 5.73 Å². The Kier molecular flexibility index (Phi) is 5.14. The summed E-state index contributed by atoms with van der Waals surface area (Å²) in [6.07, 6.45) is 0. The summed E-state index contributed by atoms with van der Waals surface area (Å²) < 4.78 is 18.2. The molecule has 0 radical (unpaired) electrons. The quantitative estimate of drug-likeness (QED) is 0.892. The van der Waals surface area contributed by atoms with Crippen LogP contribution in [0.4, 0.5) is 10.1 Å². The largest absolute Gasteiger partial charge is 0.484 e. The number of amides is 1. The third kappa shape index (κ3) is 4.44. The molecule has 0 unspecified atom stereocenters. The molecule has 1 amide bonds. The van der Waals surface area contributed by atoms with Crippen LogP contribution in [0.25, 0.3) is 0 Å². The molecule has 2 rings (SSSR count). The van der Waals surface area contributed by atoms with Crippen molar-refractivity contribution in [3.05, 3.63) is 58.9 Å². The number of anilines is 1. The van der Waals surface area contributed by atoms with Gasteiger partial charge in [0.05, 0.1) is 10.7 Å². The molecular formula is C15H14ClFN2O2. The van der Waals surface area contributed by atoms with Gasteiger partial charge in [0.2, 0.25) is 0 Å². The molecule has 0 bridgehead atoms. The van der Waals surface area contributed by atoms with Gasteiger partial charge >= 0.3 is 0 Å². The molecule has 0 saturated carbocycles. The molecule has 0 heterocycles. The Morgan fingerprint density at radius 2 is 1.95 bits per heavy atom. The topological polar surface area (TPSA) is 64.3 Å². The highest BCUT2D eigenvalue weighted by Crippen LogP contribution is 2.22. The van der Waals surface area contributed by atoms with Gasteiger partial charge in [-0.3, -0.25) is 4.79 Å². The summed E-state index contributed by atoms with van der Waals surface area (Å²) in [6.45, 7) is 0.277. The standard InChI is InChI=1S/C15H14ClFN2O2/c16-13-7-11(17)3-6-14(13)19-15(20)9-21-12-4-1-10(8-18)2-5-12/h1-7H,8-9,18H2,(H,19,20). The van der Waals surface area contributed by atoms with Crippen LogP contribution in [-0.4, -0.2) is 12.5 Å². The molecule has 0 spiro atoms. The summed E-state index contributed by atoms with van der Waals surface area (Å²) in [7, 11) is 0. The summed E-state index contributed by atoms with van der Waals surface area (Å²) in [5.74, 6) is -0.284. The number of carbonyl (C=O) groups is 1. The first-order chi connectivity index (χ1) is 10.1. The first-order valence-electron chi connectivity index (χ1n) is 6.25. The Morgan fingerprint density at radius 1 is 1.24 bits per heavy atom. The first-order valence-corrected chi connectivity index (χ1v) is 6.63. The van der Waals surface area contributed by atoms with E-state index in [9.17, 15) is 9.18 Å². The summed E-state index contributed by atoms with van der Waals surface area (Å²) in [4.78, 5) is 11.7. The van der Waals surface area contributed by atoms with Crippen molar-refractivity contribution in [1.29, 1.82) is 0 Å². The zero-order valence-corrected chi connectivity index (χ0v) is 11.9. The summed E-state index contributed by atoms with van der Waals surface area (Å²) >= 11 is 5.82. The second-order valence-electron chi connectivity index (χ2n) is 4.31. The Labute approximate surface area is 126 Å². The summed E-state index contributed by atoms with van der Waals surface area (Å²) in [5.41, 5.74) is 6.80. The molecule has 6 heteroatoms. The Bertz CT molecular complexity index is 632. The maximum Gasteiger partial charge on any atom is 0.262 e.